The molecule has 1 unspecified atom stereocenters. The second-order valence-corrected chi connectivity index (χ2v) is 7.26. The zero-order valence-corrected chi connectivity index (χ0v) is 13.2. The van der Waals surface area contributed by atoms with Crippen LogP contribution in [-0.2, 0) is 9.84 Å². The fourth-order valence-electron chi connectivity index (χ4n) is 2.59. The molecular formula is C17H13F2NO3S. The Balaban J connectivity index is 2.09. The third-order valence-corrected chi connectivity index (χ3v) is 5.05. The lowest BCUT2D eigenvalue weighted by molar-refractivity contribution is 0.0975. The summed E-state index contributed by atoms with van der Waals surface area (Å²) in [6.07, 6.45) is 1.35. The molecule has 0 aromatic heterocycles. The number of amides is 1. The van der Waals surface area contributed by atoms with Crippen LogP contribution in [-0.4, -0.2) is 26.1 Å². The number of nitrogens with zero attached hydrogens (tertiary/aromatic N) is 1. The fourth-order valence-corrected chi connectivity index (χ4v) is 3.86. The monoisotopic (exact) mass is 349 g/mol. The van der Waals surface area contributed by atoms with Gasteiger partial charge in [-0.1, -0.05) is 24.3 Å². The molecule has 3 rings (SSSR count). The fraction of sp³-hybridized carbons (Fsp3) is 0.118. The first-order valence-corrected chi connectivity index (χ1v) is 8.84. The summed E-state index contributed by atoms with van der Waals surface area (Å²) in [5.74, 6) is -3.25. The van der Waals surface area contributed by atoms with Crippen LogP contribution in [0.2, 0.25) is 0 Å². The highest BCUT2D eigenvalue weighted by Gasteiger charge is 2.34. The van der Waals surface area contributed by atoms with Gasteiger partial charge in [-0.05, 0) is 30.3 Å². The maximum atomic E-state index is 14.0. The van der Waals surface area contributed by atoms with Crippen molar-refractivity contribution in [2.24, 2.45) is 0 Å². The van der Waals surface area contributed by atoms with Crippen LogP contribution in [0.5, 0.6) is 0 Å². The molecule has 0 spiro atoms. The molecule has 0 aliphatic carbocycles. The van der Waals surface area contributed by atoms with Crippen molar-refractivity contribution in [3.8, 4) is 0 Å². The predicted molar refractivity (Wildman–Crippen MR) is 86.3 cm³/mol. The third kappa shape index (κ3) is 3.07. The lowest BCUT2D eigenvalue weighted by atomic mass is 10.1. The molecule has 4 nitrogen and oxygen atoms in total. The summed E-state index contributed by atoms with van der Waals surface area (Å²) < 4.78 is 51.4. The molecule has 1 heterocycles. The van der Waals surface area contributed by atoms with Crippen LogP contribution in [0, 0.1) is 11.6 Å². The van der Waals surface area contributed by atoms with Gasteiger partial charge in [-0.25, -0.2) is 17.2 Å². The van der Waals surface area contributed by atoms with Crippen LogP contribution in [0.25, 0.3) is 0 Å². The lowest BCUT2D eigenvalue weighted by Crippen LogP contribution is -2.42. The minimum atomic E-state index is -3.45. The van der Waals surface area contributed by atoms with E-state index in [2.05, 4.69) is 0 Å². The molecule has 2 aromatic carbocycles. The Hall–Kier alpha value is -2.54. The minimum absolute atomic E-state index is 0.330. The molecule has 0 bridgehead atoms. The number of hydrogen-bond acceptors (Lipinski definition) is 3. The molecule has 0 saturated heterocycles. The van der Waals surface area contributed by atoms with Gasteiger partial charge in [0.2, 0.25) is 0 Å². The van der Waals surface area contributed by atoms with E-state index in [1.807, 2.05) is 0 Å². The van der Waals surface area contributed by atoms with Crippen molar-refractivity contribution in [1.82, 2.24) is 0 Å². The summed E-state index contributed by atoms with van der Waals surface area (Å²) in [6.45, 7) is 0. The summed E-state index contributed by atoms with van der Waals surface area (Å²) in [4.78, 5) is 13.9. The summed E-state index contributed by atoms with van der Waals surface area (Å²) in [5.41, 5.74) is -0.351. The number of carbonyl (C=O) groups is 1. The Kier molecular flexibility index (Phi) is 4.19. The first-order chi connectivity index (χ1) is 11.4. The van der Waals surface area contributed by atoms with E-state index < -0.39 is 39.0 Å². The summed E-state index contributed by atoms with van der Waals surface area (Å²) in [7, 11) is -3.45. The van der Waals surface area contributed by atoms with Gasteiger partial charge in [-0.2, -0.15) is 0 Å². The molecule has 0 N–H and O–H groups in total. The second kappa shape index (κ2) is 6.16. The number of benzene rings is 2. The maximum Gasteiger partial charge on any atom is 0.264 e. The predicted octanol–water partition coefficient (Wildman–Crippen LogP) is 2.92. The summed E-state index contributed by atoms with van der Waals surface area (Å²) in [5, 5.41) is 1.01. The number of para-hydroxylation sites is 1. The zero-order chi connectivity index (χ0) is 17.3. The maximum absolute atomic E-state index is 14.0. The molecule has 7 heteroatoms. The molecule has 1 aliphatic heterocycles. The smallest absolute Gasteiger partial charge is 0.264 e. The van der Waals surface area contributed by atoms with E-state index in [9.17, 15) is 22.0 Å². The highest BCUT2D eigenvalue weighted by molar-refractivity contribution is 7.94. The van der Waals surface area contributed by atoms with Gasteiger partial charge in [0.05, 0.1) is 11.8 Å². The quantitative estimate of drug-likeness (QED) is 0.856. The first-order valence-electron chi connectivity index (χ1n) is 7.12. The zero-order valence-electron chi connectivity index (χ0n) is 12.4. The van der Waals surface area contributed by atoms with Crippen molar-refractivity contribution >= 4 is 21.4 Å². The van der Waals surface area contributed by atoms with Crippen LogP contribution in [0.1, 0.15) is 10.4 Å². The Bertz CT molecular complexity index is 890. The topological polar surface area (TPSA) is 54.5 Å². The molecule has 0 radical (unpaired) electrons. The first kappa shape index (κ1) is 16.3. The Morgan fingerprint density at radius 2 is 1.62 bits per heavy atom. The highest BCUT2D eigenvalue weighted by atomic mass is 32.2. The number of hydrogen-bond donors (Lipinski definition) is 0. The largest absolute Gasteiger partial charge is 0.300 e. The van der Waals surface area contributed by atoms with Crippen LogP contribution in [0.15, 0.2) is 60.0 Å². The van der Waals surface area contributed by atoms with Gasteiger partial charge in [0, 0.05) is 11.1 Å². The van der Waals surface area contributed by atoms with Gasteiger partial charge < -0.3 is 4.90 Å². The average Bonchev–Trinajstić information content (AvgIpc) is 2.88. The molecular weight excluding hydrogens is 336 g/mol. The standard InChI is InChI=1S/C17H13F2NO3S/c18-14-7-4-8-15(19)16(14)17(21)20(12-5-2-1-3-6-12)13-9-10-24(22,23)11-13/h1-10,13H,11H2. The van der Waals surface area contributed by atoms with E-state index in [1.165, 1.54) is 6.08 Å². The summed E-state index contributed by atoms with van der Waals surface area (Å²) >= 11 is 0. The van der Waals surface area contributed by atoms with Crippen molar-refractivity contribution in [3.05, 3.63) is 77.2 Å². The van der Waals surface area contributed by atoms with Gasteiger partial charge in [-0.3, -0.25) is 4.79 Å². The molecule has 124 valence electrons. The van der Waals surface area contributed by atoms with E-state index in [0.717, 1.165) is 28.5 Å². The lowest BCUT2D eigenvalue weighted by Gasteiger charge is -2.28. The van der Waals surface area contributed by atoms with Gasteiger partial charge in [-0.15, -0.1) is 0 Å². The molecule has 1 atom stereocenters. The molecule has 2 aromatic rings. The Labute approximate surface area is 137 Å². The van der Waals surface area contributed by atoms with Crippen LogP contribution < -0.4 is 4.90 Å². The molecule has 1 aliphatic rings. The minimum Gasteiger partial charge on any atom is -0.300 e. The van der Waals surface area contributed by atoms with Crippen molar-refractivity contribution in [2.45, 2.75) is 6.04 Å². The van der Waals surface area contributed by atoms with E-state index in [-0.39, 0.29) is 5.75 Å². The summed E-state index contributed by atoms with van der Waals surface area (Å²) in [6, 6.07) is 10.5. The van der Waals surface area contributed by atoms with Gasteiger partial charge in [0.1, 0.15) is 17.2 Å². The van der Waals surface area contributed by atoms with Crippen molar-refractivity contribution in [3.63, 3.8) is 0 Å². The number of carbonyl (C=O) groups excluding carboxylic acids is 1. The normalized spacial score (nSPS) is 18.5. The van der Waals surface area contributed by atoms with E-state index in [4.69, 9.17) is 0 Å². The molecule has 0 fully saturated rings. The number of anilines is 1. The second-order valence-electron chi connectivity index (χ2n) is 5.33. The number of halogens is 2. The van der Waals surface area contributed by atoms with Crippen LogP contribution in [0.3, 0.4) is 0 Å². The van der Waals surface area contributed by atoms with E-state index >= 15 is 0 Å². The molecule has 1 amide bonds. The van der Waals surface area contributed by atoms with Crippen molar-refractivity contribution in [1.29, 1.82) is 0 Å². The SMILES string of the molecule is O=C(c1c(F)cccc1F)N(c1ccccc1)C1C=CS(=O)(=O)C1. The average molecular weight is 349 g/mol. The van der Waals surface area contributed by atoms with Crippen molar-refractivity contribution < 1.29 is 22.0 Å². The Morgan fingerprint density at radius 3 is 2.17 bits per heavy atom. The van der Waals surface area contributed by atoms with Crippen molar-refractivity contribution in [2.75, 3.05) is 10.7 Å². The van der Waals surface area contributed by atoms with E-state index in [1.54, 1.807) is 30.3 Å². The van der Waals surface area contributed by atoms with Gasteiger partial charge in [0.25, 0.3) is 5.91 Å². The van der Waals surface area contributed by atoms with E-state index in [0.29, 0.717) is 5.69 Å². The van der Waals surface area contributed by atoms with Gasteiger partial charge >= 0.3 is 0 Å². The Morgan fingerprint density at radius 1 is 1.00 bits per heavy atom. The number of sulfone groups is 1. The molecule has 0 saturated carbocycles. The molecule has 24 heavy (non-hydrogen) atoms. The van der Waals surface area contributed by atoms with Crippen LogP contribution in [0.4, 0.5) is 14.5 Å². The number of rotatable bonds is 3. The van der Waals surface area contributed by atoms with Crippen LogP contribution >= 0.6 is 0 Å². The third-order valence-electron chi connectivity index (χ3n) is 3.67. The van der Waals surface area contributed by atoms with Gasteiger partial charge in [0.15, 0.2) is 9.84 Å². The highest BCUT2D eigenvalue weighted by Crippen LogP contribution is 2.26.